The molecule has 0 radical (unpaired) electrons. The predicted octanol–water partition coefficient (Wildman–Crippen LogP) is 6.04. The molecule has 2 aliphatic rings. The van der Waals surface area contributed by atoms with Gasteiger partial charge in [-0.2, -0.15) is 0 Å². The lowest BCUT2D eigenvalue weighted by atomic mass is 10.1. The Balaban J connectivity index is 0. The van der Waals surface area contributed by atoms with Crippen LogP contribution >= 0.6 is 0 Å². The van der Waals surface area contributed by atoms with Gasteiger partial charge in [0.25, 0.3) is 0 Å². The van der Waals surface area contributed by atoms with E-state index in [1.54, 1.807) is 7.11 Å². The molecule has 2 rings (SSSR count). The van der Waals surface area contributed by atoms with Crippen molar-refractivity contribution in [2.45, 2.75) is 93.7 Å². The highest BCUT2D eigenvalue weighted by Crippen LogP contribution is 2.41. The molecule has 2 aliphatic carbocycles. The van der Waals surface area contributed by atoms with Crippen molar-refractivity contribution in [3.8, 4) is 0 Å². The van der Waals surface area contributed by atoms with Crippen LogP contribution in [0.15, 0.2) is 40.6 Å². The van der Waals surface area contributed by atoms with E-state index in [-0.39, 0.29) is 5.60 Å². The Kier molecular flexibility index (Phi) is 17.9. The minimum atomic E-state index is 0.0417. The third-order valence-corrected chi connectivity index (χ3v) is 4.84. The van der Waals surface area contributed by atoms with Gasteiger partial charge in [0.1, 0.15) is 0 Å². The topological polar surface area (TPSA) is 62.7 Å². The molecule has 0 saturated heterocycles. The highest BCUT2D eigenvalue weighted by molar-refractivity contribution is 5.82. The molecular formula is C26H49N3O2. The Bertz CT molecular complexity index is 598. The normalized spacial score (nSPS) is 21.9. The summed E-state index contributed by atoms with van der Waals surface area (Å²) in [5.41, 5.74) is 2.51. The van der Waals surface area contributed by atoms with E-state index in [9.17, 15) is 4.79 Å². The Labute approximate surface area is 192 Å². The van der Waals surface area contributed by atoms with Crippen LogP contribution in [-0.4, -0.2) is 37.5 Å². The van der Waals surface area contributed by atoms with Crippen molar-refractivity contribution in [1.29, 1.82) is 0 Å². The van der Waals surface area contributed by atoms with Crippen LogP contribution in [0.25, 0.3) is 0 Å². The molecule has 3 atom stereocenters. The second kappa shape index (κ2) is 17.8. The number of rotatable bonds is 6. The van der Waals surface area contributed by atoms with Gasteiger partial charge in [0, 0.05) is 25.3 Å². The summed E-state index contributed by atoms with van der Waals surface area (Å²) in [4.78, 5) is 15.1. The number of amides is 1. The minimum absolute atomic E-state index is 0.0417. The maximum absolute atomic E-state index is 10.4. The molecule has 2 N–H and O–H groups in total. The highest BCUT2D eigenvalue weighted by Gasteiger charge is 2.46. The second-order valence-corrected chi connectivity index (χ2v) is 8.02. The number of carbonyl (C=O) groups excluding carboxylic acids is 1. The van der Waals surface area contributed by atoms with Crippen molar-refractivity contribution in [3.63, 3.8) is 0 Å². The van der Waals surface area contributed by atoms with Gasteiger partial charge in [0.15, 0.2) is 0 Å². The maximum Gasteiger partial charge on any atom is 0.207 e. The Morgan fingerprint density at radius 3 is 2.32 bits per heavy atom. The third-order valence-electron chi connectivity index (χ3n) is 4.84. The fourth-order valence-electron chi connectivity index (χ4n) is 2.79. The zero-order chi connectivity index (χ0) is 24.4. The zero-order valence-electron chi connectivity index (χ0n) is 22.0. The van der Waals surface area contributed by atoms with Crippen molar-refractivity contribution in [2.24, 2.45) is 16.8 Å². The van der Waals surface area contributed by atoms with E-state index in [0.717, 1.165) is 31.6 Å². The quantitative estimate of drug-likeness (QED) is 0.304. The van der Waals surface area contributed by atoms with Crippen LogP contribution in [0.1, 0.15) is 82.1 Å². The number of amidine groups is 1. The van der Waals surface area contributed by atoms with Crippen LogP contribution in [-0.2, 0) is 9.53 Å². The van der Waals surface area contributed by atoms with Crippen molar-refractivity contribution in [1.82, 2.24) is 10.6 Å². The fraction of sp³-hybridized carbons (Fsp3) is 0.692. The lowest BCUT2D eigenvalue weighted by molar-refractivity contribution is -0.109. The number of ether oxygens (including phenoxy) is 1. The van der Waals surface area contributed by atoms with Crippen molar-refractivity contribution in [3.05, 3.63) is 35.6 Å². The molecule has 0 aliphatic heterocycles. The maximum atomic E-state index is 10.4. The van der Waals surface area contributed by atoms with Crippen LogP contribution in [0.5, 0.6) is 0 Å². The molecule has 3 unspecified atom stereocenters. The summed E-state index contributed by atoms with van der Waals surface area (Å²) in [7, 11) is 1.71. The van der Waals surface area contributed by atoms with E-state index >= 15 is 0 Å². The summed E-state index contributed by atoms with van der Waals surface area (Å²) in [6.07, 6.45) is 11.3. The number of allylic oxidation sites excluding steroid dienone is 5. The third kappa shape index (κ3) is 13.9. The molecular weight excluding hydrogens is 386 g/mol. The summed E-state index contributed by atoms with van der Waals surface area (Å²) in [6, 6.07) is 0.323. The van der Waals surface area contributed by atoms with Gasteiger partial charge in [0.2, 0.25) is 6.41 Å². The molecule has 0 aromatic rings. The van der Waals surface area contributed by atoms with E-state index in [2.05, 4.69) is 48.8 Å². The smallest absolute Gasteiger partial charge is 0.207 e. The van der Waals surface area contributed by atoms with Crippen molar-refractivity contribution in [2.75, 3.05) is 13.7 Å². The van der Waals surface area contributed by atoms with E-state index in [4.69, 9.17) is 9.73 Å². The molecule has 0 spiro atoms. The molecule has 1 fully saturated rings. The Morgan fingerprint density at radius 1 is 1.26 bits per heavy atom. The van der Waals surface area contributed by atoms with Gasteiger partial charge in [-0.15, -0.1) is 0 Å². The second-order valence-electron chi connectivity index (χ2n) is 8.02. The molecule has 0 aromatic carbocycles. The number of nitrogens with zero attached hydrogens (tertiary/aromatic N) is 1. The predicted molar refractivity (Wildman–Crippen MR) is 136 cm³/mol. The van der Waals surface area contributed by atoms with Gasteiger partial charge in [0.05, 0.1) is 17.5 Å². The lowest BCUT2D eigenvalue weighted by Gasteiger charge is -2.14. The Hall–Kier alpha value is -1.88. The van der Waals surface area contributed by atoms with Gasteiger partial charge in [-0.25, -0.2) is 0 Å². The highest BCUT2D eigenvalue weighted by atomic mass is 16.5. The van der Waals surface area contributed by atoms with Crippen molar-refractivity contribution >= 4 is 12.2 Å². The average Bonchev–Trinajstić information content (AvgIpc) is 3.44. The molecule has 5 nitrogen and oxygen atoms in total. The number of aliphatic imine (C=N–C) groups is 1. The monoisotopic (exact) mass is 435 g/mol. The minimum Gasteiger partial charge on any atom is -0.379 e. The SMILES string of the molecule is CC.CC.CCC1=CC=CCC=C1NC(C)=NC1C(C)C1CNC=O.COC(C)(C)C. The molecule has 1 saturated carbocycles. The molecule has 5 heteroatoms. The number of hydrogen-bond donors (Lipinski definition) is 2. The van der Waals surface area contributed by atoms with Gasteiger partial charge < -0.3 is 15.4 Å². The van der Waals surface area contributed by atoms with E-state index < -0.39 is 0 Å². The van der Waals surface area contributed by atoms with E-state index in [1.807, 2.05) is 55.4 Å². The molecule has 0 heterocycles. The summed E-state index contributed by atoms with van der Waals surface area (Å²) >= 11 is 0. The van der Waals surface area contributed by atoms with Gasteiger partial charge in [-0.05, 0) is 52.0 Å². The fourth-order valence-corrected chi connectivity index (χ4v) is 2.79. The largest absolute Gasteiger partial charge is 0.379 e. The first-order valence-corrected chi connectivity index (χ1v) is 11.8. The first-order chi connectivity index (χ1) is 14.7. The number of hydrogen-bond acceptors (Lipinski definition) is 3. The van der Waals surface area contributed by atoms with Crippen LogP contribution in [0.4, 0.5) is 0 Å². The van der Waals surface area contributed by atoms with Crippen LogP contribution < -0.4 is 10.6 Å². The van der Waals surface area contributed by atoms with Crippen molar-refractivity contribution < 1.29 is 9.53 Å². The van der Waals surface area contributed by atoms with E-state index in [1.165, 1.54) is 11.3 Å². The van der Waals surface area contributed by atoms with Gasteiger partial charge >= 0.3 is 0 Å². The Morgan fingerprint density at radius 2 is 1.84 bits per heavy atom. The summed E-state index contributed by atoms with van der Waals surface area (Å²) in [6.45, 7) is 21.1. The summed E-state index contributed by atoms with van der Waals surface area (Å²) < 4.78 is 4.94. The van der Waals surface area contributed by atoms with Gasteiger partial charge in [-0.1, -0.05) is 65.8 Å². The molecule has 0 aromatic heterocycles. The van der Waals surface area contributed by atoms with Crippen LogP contribution in [0.3, 0.4) is 0 Å². The molecule has 180 valence electrons. The summed E-state index contributed by atoms with van der Waals surface area (Å²) in [5.74, 6) is 1.96. The lowest BCUT2D eigenvalue weighted by Crippen LogP contribution is -2.22. The number of carbonyl (C=O) groups is 1. The van der Waals surface area contributed by atoms with Crippen LogP contribution in [0.2, 0.25) is 0 Å². The molecule has 1 amide bonds. The first-order valence-electron chi connectivity index (χ1n) is 11.8. The molecule has 0 bridgehead atoms. The standard InChI is InChI=1S/C17H25N3O.C5H12O.2C2H6/c1-4-14-8-6-5-7-9-16(14)19-13(3)20-17-12(2)15(17)10-18-11-21;1-5(2,3)6-4;2*1-2/h5-6,8-9,11-12,15,17H,4,7,10H2,1-3H3,(H,18,21)(H,19,20);1-4H3;2*1-2H3. The molecule has 31 heavy (non-hydrogen) atoms. The van der Waals surface area contributed by atoms with Gasteiger partial charge in [-0.3, -0.25) is 9.79 Å². The summed E-state index contributed by atoms with van der Waals surface area (Å²) in [5, 5.41) is 6.19. The number of nitrogens with one attached hydrogen (secondary N) is 2. The zero-order valence-corrected chi connectivity index (χ0v) is 22.0. The first kappa shape index (κ1) is 31.3. The van der Waals surface area contributed by atoms with E-state index in [0.29, 0.717) is 17.9 Å². The number of methoxy groups -OCH3 is 1. The van der Waals surface area contributed by atoms with Crippen LogP contribution in [0, 0.1) is 11.8 Å². The average molecular weight is 436 g/mol.